The minimum absolute atomic E-state index is 0.0359. The number of carbonyl (C=O) groups is 2. The molecule has 0 saturated carbocycles. The number of Topliss-reactive ketones (excluding diaryl/α,β-unsaturated/α-hetero) is 1. The zero-order chi connectivity index (χ0) is 16.6. The summed E-state index contributed by atoms with van der Waals surface area (Å²) in [6, 6.07) is 5.50. The fourth-order valence-corrected chi connectivity index (χ4v) is 3.04. The van der Waals surface area contributed by atoms with Crippen molar-refractivity contribution in [2.75, 3.05) is 13.1 Å². The number of hydrogen-bond acceptors (Lipinski definition) is 4. The number of rotatable bonds is 3. The van der Waals surface area contributed by atoms with Crippen molar-refractivity contribution in [1.82, 2.24) is 4.90 Å². The van der Waals surface area contributed by atoms with Gasteiger partial charge >= 0.3 is 6.09 Å². The number of fused-ring (bicyclic) bond motifs is 1. The highest BCUT2D eigenvalue weighted by Gasteiger charge is 2.25. The molecule has 0 radical (unpaired) electrons. The van der Waals surface area contributed by atoms with Gasteiger partial charge in [-0.3, -0.25) is 4.79 Å². The van der Waals surface area contributed by atoms with Gasteiger partial charge in [-0.15, -0.1) is 0 Å². The van der Waals surface area contributed by atoms with Gasteiger partial charge in [0.05, 0.1) is 5.39 Å². The third-order valence-corrected chi connectivity index (χ3v) is 4.24. The van der Waals surface area contributed by atoms with Crippen molar-refractivity contribution in [3.8, 4) is 5.75 Å². The average molecular weight is 317 g/mol. The molecule has 1 fully saturated rings. The zero-order valence-corrected chi connectivity index (χ0v) is 13.2. The second-order valence-electron chi connectivity index (χ2n) is 5.83. The number of furan rings is 1. The van der Waals surface area contributed by atoms with Crippen molar-refractivity contribution in [3.05, 3.63) is 29.5 Å². The van der Waals surface area contributed by atoms with E-state index in [1.54, 1.807) is 0 Å². The van der Waals surface area contributed by atoms with Gasteiger partial charge in [0.25, 0.3) is 0 Å². The third-order valence-electron chi connectivity index (χ3n) is 4.24. The maximum Gasteiger partial charge on any atom is 0.407 e. The smallest absolute Gasteiger partial charge is 0.407 e. The number of amides is 1. The van der Waals surface area contributed by atoms with E-state index in [0.29, 0.717) is 43.0 Å². The summed E-state index contributed by atoms with van der Waals surface area (Å²) in [4.78, 5) is 24.0. The molecule has 122 valence electrons. The molecule has 2 heterocycles. The highest BCUT2D eigenvalue weighted by molar-refractivity contribution is 6.00. The molecule has 1 aliphatic rings. The molecule has 1 amide bonds. The first-order valence-electron chi connectivity index (χ1n) is 7.65. The van der Waals surface area contributed by atoms with Gasteiger partial charge in [-0.2, -0.15) is 0 Å². The summed E-state index contributed by atoms with van der Waals surface area (Å²) in [5.41, 5.74) is 1.42. The van der Waals surface area contributed by atoms with E-state index in [-0.39, 0.29) is 11.9 Å². The Hall–Kier alpha value is -2.50. The summed E-state index contributed by atoms with van der Waals surface area (Å²) < 4.78 is 11.7. The van der Waals surface area contributed by atoms with Crippen LogP contribution in [0.25, 0.3) is 11.0 Å². The Labute approximate surface area is 133 Å². The lowest BCUT2D eigenvalue weighted by atomic mass is 10.1. The first-order valence-corrected chi connectivity index (χ1v) is 7.65. The fraction of sp³-hybridized carbons (Fsp3) is 0.412. The number of ether oxygens (including phenoxy) is 1. The molecule has 0 aliphatic carbocycles. The highest BCUT2D eigenvalue weighted by Crippen LogP contribution is 2.34. The molecule has 2 aromatic rings. The summed E-state index contributed by atoms with van der Waals surface area (Å²) in [6.45, 7) is 4.27. The van der Waals surface area contributed by atoms with Crippen molar-refractivity contribution in [2.45, 2.75) is 32.8 Å². The lowest BCUT2D eigenvalue weighted by Crippen LogP contribution is -2.41. The van der Waals surface area contributed by atoms with E-state index in [1.807, 2.05) is 25.1 Å². The summed E-state index contributed by atoms with van der Waals surface area (Å²) in [6.07, 6.45) is 0.381. The molecule has 0 atom stereocenters. The molecule has 23 heavy (non-hydrogen) atoms. The number of piperidine rings is 1. The summed E-state index contributed by atoms with van der Waals surface area (Å²) in [7, 11) is 0. The maximum absolute atomic E-state index is 11.6. The van der Waals surface area contributed by atoms with E-state index < -0.39 is 6.09 Å². The molecule has 1 aromatic heterocycles. The van der Waals surface area contributed by atoms with Crippen LogP contribution in [0.3, 0.4) is 0 Å². The SMILES string of the molecule is CC(=O)c1oc2cccc(OC3CCN(C(=O)O)CC3)c2c1C. The van der Waals surface area contributed by atoms with Crippen molar-refractivity contribution >= 4 is 22.8 Å². The van der Waals surface area contributed by atoms with E-state index >= 15 is 0 Å². The second-order valence-corrected chi connectivity index (χ2v) is 5.83. The van der Waals surface area contributed by atoms with Crippen LogP contribution in [-0.4, -0.2) is 41.1 Å². The Kier molecular flexibility index (Phi) is 3.98. The Balaban J connectivity index is 1.84. The Morgan fingerprint density at radius 3 is 2.61 bits per heavy atom. The highest BCUT2D eigenvalue weighted by atomic mass is 16.5. The van der Waals surface area contributed by atoms with Crippen molar-refractivity contribution < 1.29 is 23.8 Å². The van der Waals surface area contributed by atoms with Crippen LogP contribution in [0, 0.1) is 6.92 Å². The van der Waals surface area contributed by atoms with E-state index in [2.05, 4.69) is 0 Å². The molecular weight excluding hydrogens is 298 g/mol. The molecule has 6 nitrogen and oxygen atoms in total. The topological polar surface area (TPSA) is 80.0 Å². The van der Waals surface area contributed by atoms with Gasteiger partial charge in [-0.25, -0.2) is 4.79 Å². The number of benzene rings is 1. The second kappa shape index (κ2) is 5.95. The molecular formula is C17H19NO5. The number of carboxylic acid groups (broad SMARTS) is 1. The predicted octanol–water partition coefficient (Wildman–Crippen LogP) is 3.47. The van der Waals surface area contributed by atoms with Crippen LogP contribution in [0.4, 0.5) is 4.79 Å². The standard InChI is InChI=1S/C17H19NO5/c1-10-15-13(4-3-5-14(15)23-16(10)11(2)19)22-12-6-8-18(9-7-12)17(20)21/h3-5,12H,6-9H2,1-2H3,(H,20,21). The minimum atomic E-state index is -0.887. The molecule has 0 bridgehead atoms. The van der Waals surface area contributed by atoms with E-state index in [1.165, 1.54) is 11.8 Å². The summed E-state index contributed by atoms with van der Waals surface area (Å²) in [5, 5.41) is 9.81. The van der Waals surface area contributed by atoms with Gasteiger partial charge in [0, 0.05) is 38.4 Å². The minimum Gasteiger partial charge on any atom is -0.490 e. The lowest BCUT2D eigenvalue weighted by Gasteiger charge is -2.30. The van der Waals surface area contributed by atoms with Crippen LogP contribution in [0.5, 0.6) is 5.75 Å². The van der Waals surface area contributed by atoms with Gasteiger partial charge in [-0.1, -0.05) is 6.07 Å². The number of aryl methyl sites for hydroxylation is 1. The average Bonchev–Trinajstić information content (AvgIpc) is 2.86. The molecule has 0 spiro atoms. The number of ketones is 1. The molecule has 0 unspecified atom stereocenters. The number of nitrogens with zero attached hydrogens (tertiary/aromatic N) is 1. The normalized spacial score (nSPS) is 15.8. The van der Waals surface area contributed by atoms with Crippen LogP contribution in [0.2, 0.25) is 0 Å². The summed E-state index contributed by atoms with van der Waals surface area (Å²) in [5.74, 6) is 0.932. The fourth-order valence-electron chi connectivity index (χ4n) is 3.04. The van der Waals surface area contributed by atoms with Gasteiger partial charge in [0.1, 0.15) is 17.4 Å². The van der Waals surface area contributed by atoms with Crippen LogP contribution in [-0.2, 0) is 0 Å². The van der Waals surface area contributed by atoms with Crippen molar-refractivity contribution in [2.24, 2.45) is 0 Å². The van der Waals surface area contributed by atoms with E-state index in [4.69, 9.17) is 14.3 Å². The van der Waals surface area contributed by atoms with Crippen molar-refractivity contribution in [1.29, 1.82) is 0 Å². The van der Waals surface area contributed by atoms with Gasteiger partial charge < -0.3 is 19.2 Å². The largest absolute Gasteiger partial charge is 0.490 e. The van der Waals surface area contributed by atoms with Crippen LogP contribution in [0.15, 0.2) is 22.6 Å². The Bertz CT molecular complexity index is 756. The van der Waals surface area contributed by atoms with E-state index in [9.17, 15) is 9.59 Å². The van der Waals surface area contributed by atoms with Crippen LogP contribution in [0.1, 0.15) is 35.9 Å². The van der Waals surface area contributed by atoms with E-state index in [0.717, 1.165) is 10.9 Å². The van der Waals surface area contributed by atoms with Gasteiger partial charge in [-0.05, 0) is 19.1 Å². The zero-order valence-electron chi connectivity index (χ0n) is 13.2. The molecule has 3 rings (SSSR count). The Morgan fingerprint density at radius 1 is 1.30 bits per heavy atom. The molecule has 1 N–H and O–H groups in total. The number of likely N-dealkylation sites (tertiary alicyclic amines) is 1. The predicted molar refractivity (Wildman–Crippen MR) is 84.2 cm³/mol. The quantitative estimate of drug-likeness (QED) is 0.877. The van der Waals surface area contributed by atoms with Crippen LogP contribution >= 0.6 is 0 Å². The monoisotopic (exact) mass is 317 g/mol. The maximum atomic E-state index is 11.6. The molecule has 1 saturated heterocycles. The first kappa shape index (κ1) is 15.4. The molecule has 1 aromatic carbocycles. The number of hydrogen-bond donors (Lipinski definition) is 1. The van der Waals surface area contributed by atoms with Gasteiger partial charge in [0.15, 0.2) is 11.5 Å². The summed E-state index contributed by atoms with van der Waals surface area (Å²) >= 11 is 0. The van der Waals surface area contributed by atoms with Crippen LogP contribution < -0.4 is 4.74 Å². The lowest BCUT2D eigenvalue weighted by molar-refractivity contribution is 0.0901. The van der Waals surface area contributed by atoms with Gasteiger partial charge in [0.2, 0.25) is 0 Å². The number of carbonyl (C=O) groups excluding carboxylic acids is 1. The molecule has 1 aliphatic heterocycles. The molecule has 6 heteroatoms. The Morgan fingerprint density at radius 2 is 2.00 bits per heavy atom. The first-order chi connectivity index (χ1) is 11.0. The van der Waals surface area contributed by atoms with Crippen molar-refractivity contribution in [3.63, 3.8) is 0 Å². The third kappa shape index (κ3) is 2.88.